The molecule has 1 aliphatic rings. The van der Waals surface area contributed by atoms with E-state index in [-0.39, 0.29) is 12.5 Å². The quantitative estimate of drug-likeness (QED) is 0.428. The normalized spacial score (nSPS) is 15.2. The first kappa shape index (κ1) is 19.1. The summed E-state index contributed by atoms with van der Waals surface area (Å²) in [6.45, 7) is 4.94. The molecule has 0 bridgehead atoms. The van der Waals surface area contributed by atoms with Gasteiger partial charge in [0.25, 0.3) is 0 Å². The van der Waals surface area contributed by atoms with Crippen molar-refractivity contribution < 1.29 is 9.53 Å². The Morgan fingerprint density at radius 1 is 1.16 bits per heavy atom. The number of anilines is 1. The molecular formula is C18H29N5O2. The molecule has 138 valence electrons. The summed E-state index contributed by atoms with van der Waals surface area (Å²) in [5, 5.41) is 6.25. The molecule has 1 aromatic rings. The van der Waals surface area contributed by atoms with Crippen molar-refractivity contribution in [3.8, 4) is 0 Å². The van der Waals surface area contributed by atoms with Crippen molar-refractivity contribution in [3.05, 3.63) is 30.3 Å². The SMILES string of the molecule is CN=C(NCCCOC)NCC(=O)N1CCN(c2ccccc2)CC1. The number of methoxy groups -OCH3 is 1. The van der Waals surface area contributed by atoms with Crippen molar-refractivity contribution >= 4 is 17.6 Å². The molecule has 7 nitrogen and oxygen atoms in total. The highest BCUT2D eigenvalue weighted by Crippen LogP contribution is 2.15. The number of aliphatic imine (C=N–C) groups is 1. The monoisotopic (exact) mass is 347 g/mol. The lowest BCUT2D eigenvalue weighted by atomic mass is 10.2. The maximum atomic E-state index is 12.4. The predicted molar refractivity (Wildman–Crippen MR) is 101 cm³/mol. The van der Waals surface area contributed by atoms with Crippen LogP contribution in [0.2, 0.25) is 0 Å². The van der Waals surface area contributed by atoms with E-state index in [4.69, 9.17) is 4.74 Å². The number of nitrogens with zero attached hydrogens (tertiary/aromatic N) is 3. The van der Waals surface area contributed by atoms with Crippen LogP contribution in [0.1, 0.15) is 6.42 Å². The molecule has 25 heavy (non-hydrogen) atoms. The molecule has 1 aromatic carbocycles. The van der Waals surface area contributed by atoms with Crippen LogP contribution in [0.25, 0.3) is 0 Å². The van der Waals surface area contributed by atoms with Crippen LogP contribution in [0, 0.1) is 0 Å². The van der Waals surface area contributed by atoms with E-state index < -0.39 is 0 Å². The molecule has 1 amide bonds. The van der Waals surface area contributed by atoms with E-state index in [0.717, 1.165) is 39.1 Å². The standard InChI is InChI=1S/C18H29N5O2/c1-19-18(20-9-6-14-25-2)21-15-17(24)23-12-10-22(11-13-23)16-7-4-3-5-8-16/h3-5,7-8H,6,9-15H2,1-2H3,(H2,19,20,21). The van der Waals surface area contributed by atoms with Gasteiger partial charge in [0, 0.05) is 59.2 Å². The number of hydrogen-bond donors (Lipinski definition) is 2. The van der Waals surface area contributed by atoms with Crippen molar-refractivity contribution in [1.82, 2.24) is 15.5 Å². The maximum absolute atomic E-state index is 12.4. The van der Waals surface area contributed by atoms with Crippen molar-refractivity contribution in [2.45, 2.75) is 6.42 Å². The Morgan fingerprint density at radius 3 is 2.52 bits per heavy atom. The number of guanidine groups is 1. The summed E-state index contributed by atoms with van der Waals surface area (Å²) in [4.78, 5) is 20.7. The Labute approximate surface area is 150 Å². The van der Waals surface area contributed by atoms with E-state index >= 15 is 0 Å². The van der Waals surface area contributed by atoms with Gasteiger partial charge in [-0.3, -0.25) is 9.79 Å². The zero-order valence-corrected chi connectivity index (χ0v) is 15.2. The van der Waals surface area contributed by atoms with Gasteiger partial charge in [0.05, 0.1) is 6.54 Å². The highest BCUT2D eigenvalue weighted by Gasteiger charge is 2.21. The highest BCUT2D eigenvalue weighted by molar-refractivity contribution is 5.86. The number of ether oxygens (including phenoxy) is 1. The van der Waals surface area contributed by atoms with Gasteiger partial charge < -0.3 is 25.2 Å². The fourth-order valence-corrected chi connectivity index (χ4v) is 2.77. The number of nitrogens with one attached hydrogen (secondary N) is 2. The Bertz CT molecular complexity index is 542. The third-order valence-electron chi connectivity index (χ3n) is 4.20. The van der Waals surface area contributed by atoms with Crippen LogP contribution in [0.15, 0.2) is 35.3 Å². The zero-order valence-electron chi connectivity index (χ0n) is 15.2. The first-order valence-corrected chi connectivity index (χ1v) is 8.76. The van der Waals surface area contributed by atoms with Gasteiger partial charge >= 0.3 is 0 Å². The van der Waals surface area contributed by atoms with Gasteiger partial charge in [-0.15, -0.1) is 0 Å². The van der Waals surface area contributed by atoms with Crippen LogP contribution in [0.5, 0.6) is 0 Å². The Morgan fingerprint density at radius 2 is 1.88 bits per heavy atom. The lowest BCUT2D eigenvalue weighted by molar-refractivity contribution is -0.130. The average molecular weight is 347 g/mol. The van der Waals surface area contributed by atoms with E-state index in [9.17, 15) is 4.79 Å². The second-order valence-corrected chi connectivity index (χ2v) is 5.90. The van der Waals surface area contributed by atoms with Crippen molar-refractivity contribution in [3.63, 3.8) is 0 Å². The van der Waals surface area contributed by atoms with Crippen LogP contribution in [0.3, 0.4) is 0 Å². The topological polar surface area (TPSA) is 69.2 Å². The van der Waals surface area contributed by atoms with Crippen LogP contribution < -0.4 is 15.5 Å². The summed E-state index contributed by atoms with van der Waals surface area (Å²) in [5.74, 6) is 0.750. The Hall–Kier alpha value is -2.28. The number of amides is 1. The van der Waals surface area contributed by atoms with Gasteiger partial charge in [-0.1, -0.05) is 18.2 Å². The number of hydrogen-bond acceptors (Lipinski definition) is 4. The highest BCUT2D eigenvalue weighted by atomic mass is 16.5. The van der Waals surface area contributed by atoms with Gasteiger partial charge in [-0.2, -0.15) is 0 Å². The van der Waals surface area contributed by atoms with Crippen molar-refractivity contribution in [1.29, 1.82) is 0 Å². The molecule has 0 aromatic heterocycles. The molecule has 1 heterocycles. The number of carbonyl (C=O) groups is 1. The minimum absolute atomic E-state index is 0.104. The zero-order chi connectivity index (χ0) is 17.9. The Balaban J connectivity index is 1.69. The fraction of sp³-hybridized carbons (Fsp3) is 0.556. The third kappa shape index (κ3) is 6.26. The molecule has 1 saturated heterocycles. The maximum Gasteiger partial charge on any atom is 0.242 e. The number of benzene rings is 1. The summed E-state index contributed by atoms with van der Waals surface area (Å²) in [5.41, 5.74) is 1.22. The molecule has 0 unspecified atom stereocenters. The number of carbonyl (C=O) groups excluding carboxylic acids is 1. The molecule has 0 saturated carbocycles. The molecule has 1 fully saturated rings. The van der Waals surface area contributed by atoms with Gasteiger partial charge in [0.15, 0.2) is 5.96 Å². The largest absolute Gasteiger partial charge is 0.385 e. The molecule has 2 rings (SSSR count). The van der Waals surface area contributed by atoms with Crippen LogP contribution in [-0.2, 0) is 9.53 Å². The first-order chi connectivity index (χ1) is 12.2. The smallest absolute Gasteiger partial charge is 0.242 e. The molecule has 0 atom stereocenters. The van der Waals surface area contributed by atoms with Crippen molar-refractivity contribution in [2.75, 3.05) is 64.9 Å². The van der Waals surface area contributed by atoms with Crippen LogP contribution in [-0.4, -0.2) is 76.8 Å². The minimum atomic E-state index is 0.104. The molecular weight excluding hydrogens is 318 g/mol. The van der Waals surface area contributed by atoms with Crippen LogP contribution in [0.4, 0.5) is 5.69 Å². The van der Waals surface area contributed by atoms with E-state index in [1.54, 1.807) is 14.2 Å². The Kier molecular flexibility index (Phi) is 8.04. The number of piperazine rings is 1. The third-order valence-corrected chi connectivity index (χ3v) is 4.20. The first-order valence-electron chi connectivity index (χ1n) is 8.76. The van der Waals surface area contributed by atoms with Gasteiger partial charge in [-0.25, -0.2) is 0 Å². The summed E-state index contributed by atoms with van der Waals surface area (Å²) in [6.07, 6.45) is 0.895. The van der Waals surface area contributed by atoms with E-state index in [2.05, 4.69) is 32.7 Å². The molecule has 7 heteroatoms. The van der Waals surface area contributed by atoms with Crippen LogP contribution >= 0.6 is 0 Å². The molecule has 0 spiro atoms. The molecule has 0 radical (unpaired) electrons. The lowest BCUT2D eigenvalue weighted by Gasteiger charge is -2.36. The fourth-order valence-electron chi connectivity index (χ4n) is 2.77. The van der Waals surface area contributed by atoms with Gasteiger partial charge in [-0.05, 0) is 18.6 Å². The van der Waals surface area contributed by atoms with E-state index in [1.165, 1.54) is 5.69 Å². The molecule has 2 N–H and O–H groups in total. The minimum Gasteiger partial charge on any atom is -0.385 e. The lowest BCUT2D eigenvalue weighted by Crippen LogP contribution is -2.52. The predicted octanol–water partition coefficient (Wildman–Crippen LogP) is 0.537. The second kappa shape index (κ2) is 10.6. The van der Waals surface area contributed by atoms with E-state index in [1.807, 2.05) is 23.1 Å². The van der Waals surface area contributed by atoms with Gasteiger partial charge in [0.2, 0.25) is 5.91 Å². The second-order valence-electron chi connectivity index (χ2n) is 5.90. The van der Waals surface area contributed by atoms with Crippen molar-refractivity contribution in [2.24, 2.45) is 4.99 Å². The number of para-hydroxylation sites is 1. The molecule has 1 aliphatic heterocycles. The molecule has 0 aliphatic carbocycles. The summed E-state index contributed by atoms with van der Waals surface area (Å²) in [7, 11) is 3.39. The number of rotatable bonds is 7. The summed E-state index contributed by atoms with van der Waals surface area (Å²) in [6, 6.07) is 10.3. The van der Waals surface area contributed by atoms with Gasteiger partial charge in [0.1, 0.15) is 0 Å². The van der Waals surface area contributed by atoms with E-state index in [0.29, 0.717) is 12.6 Å². The summed E-state index contributed by atoms with van der Waals surface area (Å²) < 4.78 is 5.01. The average Bonchev–Trinajstić information content (AvgIpc) is 2.68. The summed E-state index contributed by atoms with van der Waals surface area (Å²) >= 11 is 0.